The molecule has 1 aliphatic rings. The Morgan fingerprint density at radius 1 is 1.27 bits per heavy atom. The fraction of sp³-hybridized carbons (Fsp3) is 0.333. The molecule has 0 fully saturated rings. The fourth-order valence-corrected chi connectivity index (χ4v) is 4.22. The molecule has 156 valence electrons. The Hall–Kier alpha value is -2.99. The van der Waals surface area contributed by atoms with Crippen LogP contribution in [0, 0.1) is 12.7 Å². The van der Waals surface area contributed by atoms with Gasteiger partial charge in [0.05, 0.1) is 18.1 Å². The molecule has 1 amide bonds. The lowest BCUT2D eigenvalue weighted by molar-refractivity contribution is 0.0785. The molecule has 2 aromatic carbocycles. The van der Waals surface area contributed by atoms with Crippen LogP contribution in [0.2, 0.25) is 0 Å². The van der Waals surface area contributed by atoms with E-state index in [4.69, 9.17) is 0 Å². The number of amides is 1. The number of aromatic nitrogens is 2. The number of carbonyl (C=O) groups excluding carboxylic acids is 1. The molecule has 1 aliphatic heterocycles. The summed E-state index contributed by atoms with van der Waals surface area (Å²) >= 11 is 0. The van der Waals surface area contributed by atoms with Crippen molar-refractivity contribution in [3.05, 3.63) is 88.8 Å². The van der Waals surface area contributed by atoms with Crippen LogP contribution in [0.15, 0.2) is 54.9 Å². The molecule has 6 heteroatoms. The maximum absolute atomic E-state index is 13.9. The van der Waals surface area contributed by atoms with Gasteiger partial charge in [-0.15, -0.1) is 0 Å². The number of nitrogens with one attached hydrogen (secondary N) is 1. The van der Waals surface area contributed by atoms with Crippen LogP contribution in [0.5, 0.6) is 0 Å². The Labute approximate surface area is 176 Å². The average molecular weight is 407 g/mol. The summed E-state index contributed by atoms with van der Waals surface area (Å²) in [6.07, 6.45) is 3.44. The largest absolute Gasteiger partial charge is 0.348 e. The number of aryl methyl sites for hydroxylation is 1. The Kier molecular flexibility index (Phi) is 5.95. The zero-order valence-corrected chi connectivity index (χ0v) is 17.4. The number of imidazole rings is 1. The third kappa shape index (κ3) is 4.28. The number of aromatic amines is 1. The van der Waals surface area contributed by atoms with Crippen LogP contribution in [0.25, 0.3) is 0 Å². The normalized spacial score (nSPS) is 16.3. The molecule has 0 spiro atoms. The zero-order valence-electron chi connectivity index (χ0n) is 17.4. The van der Waals surface area contributed by atoms with Gasteiger partial charge < -0.3 is 9.88 Å². The second-order valence-electron chi connectivity index (χ2n) is 7.96. The van der Waals surface area contributed by atoms with Gasteiger partial charge in [-0.2, -0.15) is 0 Å². The molecule has 0 bridgehead atoms. The molecule has 1 unspecified atom stereocenters. The molecule has 0 saturated carbocycles. The molecule has 3 aromatic rings. The molecule has 2 heterocycles. The maximum atomic E-state index is 13.9. The lowest BCUT2D eigenvalue weighted by Crippen LogP contribution is -2.38. The summed E-state index contributed by atoms with van der Waals surface area (Å²) in [6.45, 7) is 4.32. The SMILES string of the molecule is Cc1cccc(C(=O)N(C)CCCN2CCc3[nH]cnc3C2c2cccc(F)c2)c1. The summed E-state index contributed by atoms with van der Waals surface area (Å²) < 4.78 is 13.9. The molecule has 0 saturated heterocycles. The number of carbonyl (C=O) groups is 1. The monoisotopic (exact) mass is 406 g/mol. The van der Waals surface area contributed by atoms with Crippen molar-refractivity contribution >= 4 is 5.91 Å². The molecule has 0 aliphatic carbocycles. The van der Waals surface area contributed by atoms with Crippen LogP contribution >= 0.6 is 0 Å². The number of hydrogen-bond donors (Lipinski definition) is 1. The minimum atomic E-state index is -0.237. The summed E-state index contributed by atoms with van der Waals surface area (Å²) in [4.78, 5) is 24.5. The van der Waals surface area contributed by atoms with Gasteiger partial charge in [0.15, 0.2) is 0 Å². The molecule has 4 rings (SSSR count). The van der Waals surface area contributed by atoms with E-state index in [0.717, 1.165) is 48.4 Å². The topological polar surface area (TPSA) is 52.2 Å². The average Bonchev–Trinajstić information content (AvgIpc) is 3.21. The second kappa shape index (κ2) is 8.79. The lowest BCUT2D eigenvalue weighted by atomic mass is 9.95. The first-order chi connectivity index (χ1) is 14.5. The predicted molar refractivity (Wildman–Crippen MR) is 115 cm³/mol. The third-order valence-electron chi connectivity index (χ3n) is 5.74. The van der Waals surface area contributed by atoms with Gasteiger partial charge in [-0.25, -0.2) is 9.37 Å². The first kappa shape index (κ1) is 20.3. The van der Waals surface area contributed by atoms with Crippen molar-refractivity contribution < 1.29 is 9.18 Å². The first-order valence-corrected chi connectivity index (χ1v) is 10.4. The first-order valence-electron chi connectivity index (χ1n) is 10.4. The standard InChI is InChI=1S/C24H27FN4O/c1-17-6-3-8-19(14-17)24(30)28(2)11-5-12-29-13-10-21-22(27-16-26-21)23(29)18-7-4-9-20(25)15-18/h3-4,6-9,14-16,23H,5,10-13H2,1-2H3,(H,26,27). The molecule has 5 nitrogen and oxygen atoms in total. The Bertz CT molecular complexity index is 1030. The summed E-state index contributed by atoms with van der Waals surface area (Å²) in [5.41, 5.74) is 4.79. The zero-order chi connectivity index (χ0) is 21.1. The van der Waals surface area contributed by atoms with Crippen molar-refractivity contribution in [3.63, 3.8) is 0 Å². The van der Waals surface area contributed by atoms with Gasteiger partial charge in [-0.3, -0.25) is 9.69 Å². The van der Waals surface area contributed by atoms with Crippen LogP contribution < -0.4 is 0 Å². The van der Waals surface area contributed by atoms with Crippen molar-refractivity contribution in [2.45, 2.75) is 25.8 Å². The van der Waals surface area contributed by atoms with Crippen molar-refractivity contribution in [1.29, 1.82) is 0 Å². The molecular formula is C24H27FN4O. The summed E-state index contributed by atoms with van der Waals surface area (Å²) in [5, 5.41) is 0. The second-order valence-corrected chi connectivity index (χ2v) is 7.96. The highest BCUT2D eigenvalue weighted by Crippen LogP contribution is 2.33. The van der Waals surface area contributed by atoms with E-state index in [1.165, 1.54) is 6.07 Å². The minimum Gasteiger partial charge on any atom is -0.348 e. The van der Waals surface area contributed by atoms with E-state index < -0.39 is 0 Å². The lowest BCUT2D eigenvalue weighted by Gasteiger charge is -2.35. The van der Waals surface area contributed by atoms with E-state index in [1.54, 1.807) is 23.4 Å². The molecular weight excluding hydrogens is 379 g/mol. The summed E-state index contributed by atoms with van der Waals surface area (Å²) in [5.74, 6) is -0.202. The predicted octanol–water partition coefficient (Wildman–Crippen LogP) is 3.97. The molecule has 1 N–H and O–H groups in total. The third-order valence-corrected chi connectivity index (χ3v) is 5.74. The highest BCUT2D eigenvalue weighted by molar-refractivity contribution is 5.94. The van der Waals surface area contributed by atoms with Crippen molar-refractivity contribution in [1.82, 2.24) is 19.8 Å². The van der Waals surface area contributed by atoms with E-state index >= 15 is 0 Å². The quantitative estimate of drug-likeness (QED) is 0.674. The summed E-state index contributed by atoms with van der Waals surface area (Å²) in [6, 6.07) is 14.4. The molecule has 1 atom stereocenters. The number of rotatable bonds is 6. The highest BCUT2D eigenvalue weighted by atomic mass is 19.1. The van der Waals surface area contributed by atoms with Gasteiger partial charge in [0, 0.05) is 44.4 Å². The fourth-order valence-electron chi connectivity index (χ4n) is 4.22. The van der Waals surface area contributed by atoms with Gasteiger partial charge in [-0.05, 0) is 43.2 Å². The smallest absolute Gasteiger partial charge is 0.253 e. The van der Waals surface area contributed by atoms with Crippen molar-refractivity contribution in [3.8, 4) is 0 Å². The number of hydrogen-bond acceptors (Lipinski definition) is 3. The maximum Gasteiger partial charge on any atom is 0.253 e. The van der Waals surface area contributed by atoms with Crippen LogP contribution in [-0.4, -0.2) is 52.4 Å². The highest BCUT2D eigenvalue weighted by Gasteiger charge is 2.31. The van der Waals surface area contributed by atoms with Crippen LogP contribution in [0.4, 0.5) is 4.39 Å². The molecule has 0 radical (unpaired) electrons. The van der Waals surface area contributed by atoms with Crippen molar-refractivity contribution in [2.75, 3.05) is 26.7 Å². The number of halogens is 1. The van der Waals surface area contributed by atoms with E-state index in [-0.39, 0.29) is 17.8 Å². The van der Waals surface area contributed by atoms with Gasteiger partial charge in [-0.1, -0.05) is 29.8 Å². The van der Waals surface area contributed by atoms with E-state index in [9.17, 15) is 9.18 Å². The Morgan fingerprint density at radius 2 is 2.10 bits per heavy atom. The number of nitrogens with zero attached hydrogens (tertiary/aromatic N) is 3. The Balaban J connectivity index is 1.44. The van der Waals surface area contributed by atoms with Crippen molar-refractivity contribution in [2.24, 2.45) is 0 Å². The number of fused-ring (bicyclic) bond motifs is 1. The van der Waals surface area contributed by atoms with Crippen LogP contribution in [-0.2, 0) is 6.42 Å². The van der Waals surface area contributed by atoms with E-state index in [1.807, 2.05) is 44.3 Å². The van der Waals surface area contributed by atoms with Gasteiger partial charge in [0.25, 0.3) is 5.91 Å². The van der Waals surface area contributed by atoms with Gasteiger partial charge >= 0.3 is 0 Å². The van der Waals surface area contributed by atoms with Gasteiger partial charge in [0.2, 0.25) is 0 Å². The molecule has 1 aromatic heterocycles. The number of benzene rings is 2. The van der Waals surface area contributed by atoms with E-state index in [0.29, 0.717) is 12.1 Å². The molecule has 30 heavy (non-hydrogen) atoms. The number of H-pyrrole nitrogens is 1. The van der Waals surface area contributed by atoms with Crippen LogP contribution in [0.1, 0.15) is 45.3 Å². The van der Waals surface area contributed by atoms with E-state index in [2.05, 4.69) is 14.9 Å². The van der Waals surface area contributed by atoms with Gasteiger partial charge in [0.1, 0.15) is 5.82 Å². The van der Waals surface area contributed by atoms with Crippen LogP contribution in [0.3, 0.4) is 0 Å². The minimum absolute atomic E-state index is 0.0358. The Morgan fingerprint density at radius 3 is 2.90 bits per heavy atom. The summed E-state index contributed by atoms with van der Waals surface area (Å²) in [7, 11) is 1.84.